The lowest BCUT2D eigenvalue weighted by atomic mass is 10.3. The molecule has 0 unspecified atom stereocenters. The van der Waals surface area contributed by atoms with Crippen LogP contribution in [0.4, 0.5) is 0 Å². The Bertz CT molecular complexity index is 540. The van der Waals surface area contributed by atoms with Crippen molar-refractivity contribution in [3.05, 3.63) is 28.2 Å². The fraction of sp³-hybridized carbons (Fsp3) is 0.500. The summed E-state index contributed by atoms with van der Waals surface area (Å²) in [7, 11) is 0. The zero-order valence-corrected chi connectivity index (χ0v) is 11.8. The molecule has 2 aromatic rings. The van der Waals surface area contributed by atoms with Gasteiger partial charge in [0.05, 0.1) is 0 Å². The number of amides is 1. The van der Waals surface area contributed by atoms with Crippen LogP contribution >= 0.6 is 11.3 Å². The Morgan fingerprint density at radius 2 is 2.30 bits per heavy atom. The highest BCUT2D eigenvalue weighted by Gasteiger charge is 2.23. The molecule has 0 bridgehead atoms. The predicted octanol–water partition coefficient (Wildman–Crippen LogP) is 0.609. The van der Waals surface area contributed by atoms with Crippen molar-refractivity contribution in [1.82, 2.24) is 30.4 Å². The maximum absolute atomic E-state index is 12.2. The Morgan fingerprint density at radius 1 is 1.35 bits per heavy atom. The number of hydrogen-bond donors (Lipinski definition) is 1. The first-order chi connectivity index (χ1) is 9.83. The van der Waals surface area contributed by atoms with Crippen molar-refractivity contribution in [3.8, 4) is 0 Å². The van der Waals surface area contributed by atoms with Gasteiger partial charge in [0.25, 0.3) is 11.7 Å². The molecule has 7 nitrogen and oxygen atoms in total. The molecule has 0 spiro atoms. The van der Waals surface area contributed by atoms with Crippen LogP contribution in [0.3, 0.4) is 0 Å². The summed E-state index contributed by atoms with van der Waals surface area (Å²) < 4.78 is 0. The number of tetrazole rings is 1. The molecular weight excluding hydrogens is 276 g/mol. The third kappa shape index (κ3) is 3.02. The third-order valence-corrected chi connectivity index (χ3v) is 4.23. The average Bonchev–Trinajstić information content (AvgIpc) is 3.10. The van der Waals surface area contributed by atoms with Crippen LogP contribution in [0.25, 0.3) is 0 Å². The predicted molar refractivity (Wildman–Crippen MR) is 74.3 cm³/mol. The summed E-state index contributed by atoms with van der Waals surface area (Å²) in [4.78, 5) is 17.7. The summed E-state index contributed by atoms with van der Waals surface area (Å²) in [5.74, 6) is 0.00781. The van der Waals surface area contributed by atoms with Crippen LogP contribution in [0.5, 0.6) is 0 Å². The van der Waals surface area contributed by atoms with Crippen molar-refractivity contribution in [1.29, 1.82) is 0 Å². The van der Waals surface area contributed by atoms with E-state index in [-0.39, 0.29) is 11.7 Å². The summed E-state index contributed by atoms with van der Waals surface area (Å²) in [5, 5.41) is 15.3. The van der Waals surface area contributed by atoms with Crippen molar-refractivity contribution < 1.29 is 4.79 Å². The Balaban J connectivity index is 1.58. The zero-order valence-electron chi connectivity index (χ0n) is 11.0. The number of carbonyl (C=O) groups is 1. The molecule has 0 aromatic carbocycles. The van der Waals surface area contributed by atoms with E-state index in [1.807, 2.05) is 0 Å². The van der Waals surface area contributed by atoms with Crippen molar-refractivity contribution in [2.45, 2.75) is 13.0 Å². The molecule has 0 atom stereocenters. The highest BCUT2D eigenvalue weighted by molar-refractivity contribution is 7.09. The van der Waals surface area contributed by atoms with Crippen LogP contribution in [-0.4, -0.2) is 62.5 Å². The second-order valence-electron chi connectivity index (χ2n) is 4.74. The number of carbonyl (C=O) groups excluding carboxylic acids is 1. The normalized spacial score (nSPS) is 17.1. The standard InChI is InChI=1S/C12H16N6OS/c19-12(11-13-15-16-14-11)18-5-2-4-17(6-7-18)9-10-3-1-8-20-10/h1,3,8H,2,4-7,9H2,(H,13,14,15,16). The first kappa shape index (κ1) is 13.2. The summed E-state index contributed by atoms with van der Waals surface area (Å²) in [6, 6.07) is 4.22. The molecule has 3 rings (SSSR count). The van der Waals surface area contributed by atoms with Crippen LogP contribution in [0, 0.1) is 0 Å². The van der Waals surface area contributed by atoms with Gasteiger partial charge in [-0.25, -0.2) is 0 Å². The highest BCUT2D eigenvalue weighted by atomic mass is 32.1. The van der Waals surface area contributed by atoms with Gasteiger partial charge in [-0.05, 0) is 23.1 Å². The summed E-state index contributed by atoms with van der Waals surface area (Å²) in [6.45, 7) is 4.30. The minimum Gasteiger partial charge on any atom is -0.334 e. The molecule has 106 valence electrons. The van der Waals surface area contributed by atoms with Crippen LogP contribution in [0.2, 0.25) is 0 Å². The molecule has 1 amide bonds. The molecule has 1 saturated heterocycles. The molecule has 1 aliphatic rings. The number of rotatable bonds is 3. The lowest BCUT2D eigenvalue weighted by Crippen LogP contribution is -2.35. The van der Waals surface area contributed by atoms with E-state index in [0.29, 0.717) is 6.54 Å². The Hall–Kier alpha value is -1.80. The molecule has 8 heteroatoms. The van der Waals surface area contributed by atoms with E-state index in [2.05, 4.69) is 43.0 Å². The fourth-order valence-corrected chi connectivity index (χ4v) is 3.10. The lowest BCUT2D eigenvalue weighted by molar-refractivity contribution is 0.0749. The molecule has 1 fully saturated rings. The number of thiophene rings is 1. The average molecular weight is 292 g/mol. The molecule has 20 heavy (non-hydrogen) atoms. The summed E-state index contributed by atoms with van der Waals surface area (Å²) >= 11 is 1.77. The first-order valence-corrected chi connectivity index (χ1v) is 7.48. The number of nitrogens with one attached hydrogen (secondary N) is 1. The Labute approximate surface area is 120 Å². The zero-order chi connectivity index (χ0) is 13.8. The fourth-order valence-electron chi connectivity index (χ4n) is 2.35. The third-order valence-electron chi connectivity index (χ3n) is 3.37. The van der Waals surface area contributed by atoms with Crippen molar-refractivity contribution in [2.75, 3.05) is 26.2 Å². The number of nitrogens with zero attached hydrogens (tertiary/aromatic N) is 5. The second kappa shape index (κ2) is 6.10. The van der Waals surface area contributed by atoms with Crippen molar-refractivity contribution >= 4 is 17.2 Å². The molecule has 3 heterocycles. The van der Waals surface area contributed by atoms with Gasteiger partial charge in [0.2, 0.25) is 0 Å². The number of aromatic amines is 1. The van der Waals surface area contributed by atoms with Gasteiger partial charge in [-0.15, -0.1) is 21.5 Å². The number of H-pyrrole nitrogens is 1. The molecule has 1 aliphatic heterocycles. The monoisotopic (exact) mass is 292 g/mol. The molecule has 0 saturated carbocycles. The molecule has 0 radical (unpaired) electrons. The highest BCUT2D eigenvalue weighted by Crippen LogP contribution is 2.14. The maximum Gasteiger partial charge on any atom is 0.295 e. The van der Waals surface area contributed by atoms with Crippen LogP contribution in [0.1, 0.15) is 21.9 Å². The molecule has 1 N–H and O–H groups in total. The SMILES string of the molecule is O=C(c1nn[nH]n1)N1CCCN(Cc2cccs2)CC1. The number of hydrogen-bond acceptors (Lipinski definition) is 6. The summed E-state index contributed by atoms with van der Waals surface area (Å²) in [5.41, 5.74) is 0. The van der Waals surface area contributed by atoms with E-state index in [0.717, 1.165) is 32.6 Å². The van der Waals surface area contributed by atoms with Gasteiger partial charge in [0, 0.05) is 37.6 Å². The Morgan fingerprint density at radius 3 is 3.05 bits per heavy atom. The van der Waals surface area contributed by atoms with Gasteiger partial charge in [0.1, 0.15) is 0 Å². The van der Waals surface area contributed by atoms with Gasteiger partial charge in [-0.3, -0.25) is 9.69 Å². The quantitative estimate of drug-likeness (QED) is 0.897. The van der Waals surface area contributed by atoms with Crippen molar-refractivity contribution in [3.63, 3.8) is 0 Å². The molecular formula is C12H16N6OS. The largest absolute Gasteiger partial charge is 0.334 e. The van der Waals surface area contributed by atoms with E-state index in [4.69, 9.17) is 0 Å². The Kier molecular flexibility index (Phi) is 4.03. The van der Waals surface area contributed by atoms with E-state index in [1.54, 1.807) is 16.2 Å². The lowest BCUT2D eigenvalue weighted by Gasteiger charge is -2.20. The van der Waals surface area contributed by atoms with Crippen LogP contribution in [-0.2, 0) is 6.54 Å². The van der Waals surface area contributed by atoms with Gasteiger partial charge in [0.15, 0.2) is 0 Å². The van der Waals surface area contributed by atoms with E-state index >= 15 is 0 Å². The van der Waals surface area contributed by atoms with E-state index < -0.39 is 0 Å². The first-order valence-electron chi connectivity index (χ1n) is 6.60. The maximum atomic E-state index is 12.2. The van der Waals surface area contributed by atoms with E-state index in [1.165, 1.54) is 4.88 Å². The van der Waals surface area contributed by atoms with Gasteiger partial charge in [-0.1, -0.05) is 6.07 Å². The summed E-state index contributed by atoms with van der Waals surface area (Å²) in [6.07, 6.45) is 0.967. The minimum absolute atomic E-state index is 0.142. The van der Waals surface area contributed by atoms with Gasteiger partial charge < -0.3 is 4.90 Å². The smallest absolute Gasteiger partial charge is 0.295 e. The second-order valence-corrected chi connectivity index (χ2v) is 5.77. The van der Waals surface area contributed by atoms with Crippen LogP contribution in [0.15, 0.2) is 17.5 Å². The van der Waals surface area contributed by atoms with Gasteiger partial charge in [-0.2, -0.15) is 5.21 Å². The number of aromatic nitrogens is 4. The molecule has 0 aliphatic carbocycles. The van der Waals surface area contributed by atoms with E-state index in [9.17, 15) is 4.79 Å². The van der Waals surface area contributed by atoms with Crippen LogP contribution < -0.4 is 0 Å². The van der Waals surface area contributed by atoms with Crippen molar-refractivity contribution in [2.24, 2.45) is 0 Å². The molecule has 2 aromatic heterocycles. The topological polar surface area (TPSA) is 78.0 Å². The minimum atomic E-state index is -0.142. The van der Waals surface area contributed by atoms with Gasteiger partial charge >= 0.3 is 0 Å².